The van der Waals surface area contributed by atoms with Gasteiger partial charge in [-0.1, -0.05) is 19.0 Å². The standard InChI is InChI=1S/C13H26N4O2/c1-4-17(5-2)8-7-14-13(18)12-9-11(10-15-12)16-19-6-3/h12,15H,4-10H2,1-3H3,(H,14,18)/b16-11+/t12-/m0/s1. The van der Waals surface area contributed by atoms with E-state index in [1.54, 1.807) is 0 Å². The van der Waals surface area contributed by atoms with E-state index in [0.29, 0.717) is 26.1 Å². The molecule has 1 fully saturated rings. The molecular formula is C13H26N4O2. The van der Waals surface area contributed by atoms with E-state index in [4.69, 9.17) is 4.84 Å². The normalized spacial score (nSPS) is 21.1. The second kappa shape index (κ2) is 8.87. The second-order valence-electron chi connectivity index (χ2n) is 4.53. The average molecular weight is 270 g/mol. The number of nitrogens with zero attached hydrogens (tertiary/aromatic N) is 2. The lowest BCUT2D eigenvalue weighted by atomic mass is 10.2. The van der Waals surface area contributed by atoms with Crippen molar-refractivity contribution < 1.29 is 9.63 Å². The summed E-state index contributed by atoms with van der Waals surface area (Å²) in [5, 5.41) is 10.1. The fourth-order valence-electron chi connectivity index (χ4n) is 2.03. The molecule has 110 valence electrons. The second-order valence-corrected chi connectivity index (χ2v) is 4.53. The zero-order valence-corrected chi connectivity index (χ0v) is 12.2. The molecule has 19 heavy (non-hydrogen) atoms. The van der Waals surface area contributed by atoms with Crippen molar-refractivity contribution in [3.8, 4) is 0 Å². The minimum absolute atomic E-state index is 0.0499. The Morgan fingerprint density at radius 1 is 1.47 bits per heavy atom. The molecule has 0 aliphatic carbocycles. The summed E-state index contributed by atoms with van der Waals surface area (Å²) in [6.07, 6.45) is 0.636. The van der Waals surface area contributed by atoms with Crippen LogP contribution < -0.4 is 10.6 Å². The summed E-state index contributed by atoms with van der Waals surface area (Å²) in [4.78, 5) is 19.2. The highest BCUT2D eigenvalue weighted by molar-refractivity contribution is 5.96. The smallest absolute Gasteiger partial charge is 0.237 e. The van der Waals surface area contributed by atoms with Crippen molar-refractivity contribution in [2.75, 3.05) is 39.3 Å². The van der Waals surface area contributed by atoms with Crippen LogP contribution >= 0.6 is 0 Å². The zero-order chi connectivity index (χ0) is 14.1. The largest absolute Gasteiger partial charge is 0.396 e. The van der Waals surface area contributed by atoms with Gasteiger partial charge >= 0.3 is 0 Å². The van der Waals surface area contributed by atoms with Crippen LogP contribution in [0.15, 0.2) is 5.16 Å². The first-order valence-corrected chi connectivity index (χ1v) is 7.12. The van der Waals surface area contributed by atoms with Gasteiger partial charge < -0.3 is 20.4 Å². The maximum atomic E-state index is 11.9. The number of carbonyl (C=O) groups is 1. The van der Waals surface area contributed by atoms with Crippen LogP contribution in [0.5, 0.6) is 0 Å². The third kappa shape index (κ3) is 5.57. The quantitative estimate of drug-likeness (QED) is 0.618. The first-order chi connectivity index (χ1) is 9.21. The zero-order valence-electron chi connectivity index (χ0n) is 12.2. The first-order valence-electron chi connectivity index (χ1n) is 7.12. The molecule has 0 saturated carbocycles. The molecule has 1 amide bonds. The monoisotopic (exact) mass is 270 g/mol. The van der Waals surface area contributed by atoms with Crippen molar-refractivity contribution in [3.05, 3.63) is 0 Å². The van der Waals surface area contributed by atoms with Gasteiger partial charge in [0.15, 0.2) is 0 Å². The minimum atomic E-state index is -0.170. The van der Waals surface area contributed by atoms with Crippen LogP contribution in [0.4, 0.5) is 0 Å². The van der Waals surface area contributed by atoms with Crippen LogP contribution in [0.3, 0.4) is 0 Å². The highest BCUT2D eigenvalue weighted by Gasteiger charge is 2.26. The lowest BCUT2D eigenvalue weighted by Crippen LogP contribution is -2.43. The Morgan fingerprint density at radius 2 is 2.21 bits per heavy atom. The molecule has 1 atom stereocenters. The van der Waals surface area contributed by atoms with E-state index in [1.807, 2.05) is 6.92 Å². The van der Waals surface area contributed by atoms with Crippen molar-refractivity contribution in [1.29, 1.82) is 0 Å². The molecule has 1 rings (SSSR count). The first kappa shape index (κ1) is 15.9. The number of carbonyl (C=O) groups excluding carboxylic acids is 1. The SMILES string of the molecule is CCO/N=C1/CN[C@H](C(=O)NCCN(CC)CC)C1. The van der Waals surface area contributed by atoms with E-state index in [9.17, 15) is 4.79 Å². The lowest BCUT2D eigenvalue weighted by Gasteiger charge is -2.18. The van der Waals surface area contributed by atoms with Gasteiger partial charge in [-0.2, -0.15) is 0 Å². The Labute approximate surface area is 115 Å². The fourth-order valence-corrected chi connectivity index (χ4v) is 2.03. The molecular weight excluding hydrogens is 244 g/mol. The molecule has 6 heteroatoms. The summed E-state index contributed by atoms with van der Waals surface area (Å²) in [5.74, 6) is 0.0499. The maximum absolute atomic E-state index is 11.9. The molecule has 6 nitrogen and oxygen atoms in total. The van der Waals surface area contributed by atoms with Crippen LogP contribution in [0.1, 0.15) is 27.2 Å². The molecule has 0 radical (unpaired) electrons. The number of likely N-dealkylation sites (N-methyl/N-ethyl adjacent to an activating group) is 1. The van der Waals surface area contributed by atoms with Gasteiger partial charge in [0, 0.05) is 26.1 Å². The number of nitrogens with one attached hydrogen (secondary N) is 2. The molecule has 0 aromatic carbocycles. The van der Waals surface area contributed by atoms with E-state index >= 15 is 0 Å². The third-order valence-electron chi connectivity index (χ3n) is 3.25. The van der Waals surface area contributed by atoms with E-state index in [2.05, 4.69) is 34.5 Å². The topological polar surface area (TPSA) is 66.0 Å². The van der Waals surface area contributed by atoms with Gasteiger partial charge in [-0.05, 0) is 20.0 Å². The third-order valence-corrected chi connectivity index (χ3v) is 3.25. The molecule has 1 heterocycles. The minimum Gasteiger partial charge on any atom is -0.396 e. The summed E-state index contributed by atoms with van der Waals surface area (Å²) in [7, 11) is 0. The van der Waals surface area contributed by atoms with Crippen LogP contribution in [0, 0.1) is 0 Å². The Balaban J connectivity index is 2.24. The highest BCUT2D eigenvalue weighted by Crippen LogP contribution is 2.04. The van der Waals surface area contributed by atoms with E-state index < -0.39 is 0 Å². The van der Waals surface area contributed by atoms with Gasteiger partial charge in [0.1, 0.15) is 6.61 Å². The van der Waals surface area contributed by atoms with Gasteiger partial charge in [-0.25, -0.2) is 0 Å². The van der Waals surface area contributed by atoms with E-state index in [0.717, 1.165) is 25.3 Å². The Hall–Kier alpha value is -1.14. The van der Waals surface area contributed by atoms with Gasteiger partial charge in [0.05, 0.1) is 11.8 Å². The lowest BCUT2D eigenvalue weighted by molar-refractivity contribution is -0.122. The highest BCUT2D eigenvalue weighted by atomic mass is 16.6. The van der Waals surface area contributed by atoms with Crippen molar-refractivity contribution in [2.45, 2.75) is 33.2 Å². The number of oxime groups is 1. The molecule has 0 bridgehead atoms. The van der Waals surface area contributed by atoms with Crippen LogP contribution in [0.25, 0.3) is 0 Å². The number of rotatable bonds is 8. The predicted molar refractivity (Wildman–Crippen MR) is 76.3 cm³/mol. The van der Waals surface area contributed by atoms with Gasteiger partial charge in [0.25, 0.3) is 0 Å². The number of amides is 1. The Morgan fingerprint density at radius 3 is 2.84 bits per heavy atom. The van der Waals surface area contributed by atoms with Crippen LogP contribution in [-0.4, -0.2) is 61.9 Å². The Kier molecular flexibility index (Phi) is 7.43. The fraction of sp³-hybridized carbons (Fsp3) is 0.846. The molecule has 0 spiro atoms. The molecule has 1 aliphatic heterocycles. The van der Waals surface area contributed by atoms with Gasteiger partial charge in [-0.15, -0.1) is 0 Å². The van der Waals surface area contributed by atoms with Crippen molar-refractivity contribution in [3.63, 3.8) is 0 Å². The van der Waals surface area contributed by atoms with Crippen molar-refractivity contribution >= 4 is 11.6 Å². The van der Waals surface area contributed by atoms with Crippen molar-refractivity contribution in [2.24, 2.45) is 5.16 Å². The summed E-state index contributed by atoms with van der Waals surface area (Å²) >= 11 is 0. The van der Waals surface area contributed by atoms with E-state index in [-0.39, 0.29) is 11.9 Å². The predicted octanol–water partition coefficient (Wildman–Crippen LogP) is 0.199. The molecule has 1 saturated heterocycles. The molecule has 1 aliphatic rings. The summed E-state index contributed by atoms with van der Waals surface area (Å²) < 4.78 is 0. The van der Waals surface area contributed by atoms with E-state index in [1.165, 1.54) is 0 Å². The number of hydrogen-bond donors (Lipinski definition) is 2. The van der Waals surface area contributed by atoms with Crippen LogP contribution in [-0.2, 0) is 9.63 Å². The molecule has 0 unspecified atom stereocenters. The molecule has 0 aromatic heterocycles. The summed E-state index contributed by atoms with van der Waals surface area (Å²) in [6, 6.07) is -0.170. The van der Waals surface area contributed by atoms with Gasteiger partial charge in [-0.3, -0.25) is 4.79 Å². The Bertz CT molecular complexity index is 303. The summed E-state index contributed by atoms with van der Waals surface area (Å²) in [6.45, 7) is 10.9. The molecule has 2 N–H and O–H groups in total. The average Bonchev–Trinajstić information content (AvgIpc) is 2.90. The van der Waals surface area contributed by atoms with Gasteiger partial charge in [0.2, 0.25) is 5.91 Å². The molecule has 0 aromatic rings. The van der Waals surface area contributed by atoms with Crippen molar-refractivity contribution in [1.82, 2.24) is 15.5 Å². The number of hydrogen-bond acceptors (Lipinski definition) is 5. The maximum Gasteiger partial charge on any atom is 0.237 e. The van der Waals surface area contributed by atoms with Crippen LogP contribution in [0.2, 0.25) is 0 Å². The summed E-state index contributed by atoms with van der Waals surface area (Å²) in [5.41, 5.74) is 0.908.